The van der Waals surface area contributed by atoms with Gasteiger partial charge in [0.15, 0.2) is 0 Å². The molecule has 0 amide bonds. The van der Waals surface area contributed by atoms with Crippen LogP contribution in [0.4, 0.5) is 0 Å². The van der Waals surface area contributed by atoms with Crippen LogP contribution < -0.4 is 10.1 Å². The van der Waals surface area contributed by atoms with Crippen LogP contribution in [0.2, 0.25) is 0 Å². The predicted molar refractivity (Wildman–Crippen MR) is 86.9 cm³/mol. The van der Waals surface area contributed by atoms with E-state index in [1.807, 2.05) is 0 Å². The lowest BCUT2D eigenvalue weighted by atomic mass is 9.89. The van der Waals surface area contributed by atoms with Gasteiger partial charge in [-0.05, 0) is 49.5 Å². The van der Waals surface area contributed by atoms with E-state index >= 15 is 0 Å². The van der Waals surface area contributed by atoms with Gasteiger partial charge in [-0.1, -0.05) is 19.1 Å². The third kappa shape index (κ3) is 4.37. The number of nitrogens with zero attached hydrogens (tertiary/aromatic N) is 1. The quantitative estimate of drug-likeness (QED) is 0.905. The average molecular weight is 299 g/mol. The average Bonchev–Trinajstić information content (AvgIpc) is 2.75. The predicted octanol–water partition coefficient (Wildman–Crippen LogP) is 2.86. The highest BCUT2D eigenvalue weighted by Gasteiger charge is 2.29. The molecule has 4 heteroatoms. The number of hydrogen-bond acceptors (Lipinski definition) is 3. The molecule has 1 aromatic carbocycles. The molecule has 0 aliphatic carbocycles. The molecule has 1 aliphatic heterocycles. The zero-order chi connectivity index (χ0) is 13.9. The van der Waals surface area contributed by atoms with E-state index in [0.29, 0.717) is 5.41 Å². The normalized spacial score (nSPS) is 21.9. The van der Waals surface area contributed by atoms with Crippen LogP contribution >= 0.6 is 12.4 Å². The van der Waals surface area contributed by atoms with Crippen molar-refractivity contribution in [2.45, 2.75) is 26.8 Å². The summed E-state index contributed by atoms with van der Waals surface area (Å²) in [5.41, 5.74) is 2.99. The Morgan fingerprint density at radius 2 is 2.15 bits per heavy atom. The monoisotopic (exact) mass is 298 g/mol. The molecule has 0 spiro atoms. The van der Waals surface area contributed by atoms with Crippen molar-refractivity contribution in [1.82, 2.24) is 10.2 Å². The Labute approximate surface area is 129 Å². The lowest BCUT2D eigenvalue weighted by Crippen LogP contribution is -2.34. The molecule has 1 atom stereocenters. The molecule has 0 radical (unpaired) electrons. The van der Waals surface area contributed by atoms with Crippen molar-refractivity contribution in [2.75, 3.05) is 33.8 Å². The molecule has 1 N–H and O–H groups in total. The van der Waals surface area contributed by atoms with Gasteiger partial charge in [-0.15, -0.1) is 12.4 Å². The van der Waals surface area contributed by atoms with Gasteiger partial charge in [0.1, 0.15) is 5.75 Å². The van der Waals surface area contributed by atoms with Crippen LogP contribution in [-0.4, -0.2) is 38.7 Å². The summed E-state index contributed by atoms with van der Waals surface area (Å²) in [5, 5.41) is 3.46. The summed E-state index contributed by atoms with van der Waals surface area (Å²) in [6, 6.07) is 6.46. The number of nitrogens with one attached hydrogen (secondary N) is 1. The van der Waals surface area contributed by atoms with Crippen LogP contribution in [-0.2, 0) is 6.54 Å². The van der Waals surface area contributed by atoms with Crippen molar-refractivity contribution in [2.24, 2.45) is 5.41 Å². The Kier molecular flexibility index (Phi) is 6.31. The van der Waals surface area contributed by atoms with Gasteiger partial charge >= 0.3 is 0 Å². The van der Waals surface area contributed by atoms with Gasteiger partial charge in [0.05, 0.1) is 7.11 Å². The topological polar surface area (TPSA) is 24.5 Å². The second-order valence-corrected chi connectivity index (χ2v) is 6.21. The molecule has 1 heterocycles. The minimum Gasteiger partial charge on any atom is -0.496 e. The van der Waals surface area contributed by atoms with Crippen molar-refractivity contribution < 1.29 is 4.74 Å². The van der Waals surface area contributed by atoms with E-state index in [9.17, 15) is 0 Å². The summed E-state index contributed by atoms with van der Waals surface area (Å²) < 4.78 is 5.31. The molecular weight excluding hydrogens is 272 g/mol. The molecule has 1 unspecified atom stereocenters. The standard InChI is InChI=1S/C16H26N2O.ClH/c1-13-9-14(5-6-15(13)19-4)10-18(3)12-16(2)7-8-17-11-16;/h5-6,9,17H,7-8,10-12H2,1-4H3;1H. The number of aryl methyl sites for hydroxylation is 1. The van der Waals surface area contributed by atoms with Gasteiger partial charge in [0.25, 0.3) is 0 Å². The number of rotatable bonds is 5. The Balaban J connectivity index is 0.00000200. The zero-order valence-electron chi connectivity index (χ0n) is 13.0. The van der Waals surface area contributed by atoms with E-state index in [4.69, 9.17) is 4.74 Å². The van der Waals surface area contributed by atoms with Gasteiger partial charge in [0.2, 0.25) is 0 Å². The van der Waals surface area contributed by atoms with Crippen LogP contribution in [0.15, 0.2) is 18.2 Å². The summed E-state index contributed by atoms with van der Waals surface area (Å²) in [6.07, 6.45) is 1.28. The maximum absolute atomic E-state index is 5.31. The number of benzene rings is 1. The van der Waals surface area contributed by atoms with Crippen LogP contribution in [0.1, 0.15) is 24.5 Å². The summed E-state index contributed by atoms with van der Waals surface area (Å²) in [6.45, 7) is 8.92. The third-order valence-electron chi connectivity index (χ3n) is 4.02. The Bertz CT molecular complexity index is 430. The van der Waals surface area contributed by atoms with E-state index < -0.39 is 0 Å². The first-order valence-corrected chi connectivity index (χ1v) is 7.05. The van der Waals surface area contributed by atoms with Gasteiger partial charge in [-0.3, -0.25) is 0 Å². The number of methoxy groups -OCH3 is 1. The maximum Gasteiger partial charge on any atom is 0.121 e. The van der Waals surface area contributed by atoms with Crippen LogP contribution in [0.5, 0.6) is 5.75 Å². The molecular formula is C16H27ClN2O. The molecule has 114 valence electrons. The number of halogens is 1. The van der Waals surface area contributed by atoms with Crippen LogP contribution in [0.3, 0.4) is 0 Å². The zero-order valence-corrected chi connectivity index (χ0v) is 13.8. The molecule has 0 bridgehead atoms. The Morgan fingerprint density at radius 1 is 1.40 bits per heavy atom. The Morgan fingerprint density at radius 3 is 2.70 bits per heavy atom. The highest BCUT2D eigenvalue weighted by Crippen LogP contribution is 2.26. The lowest BCUT2D eigenvalue weighted by molar-refractivity contribution is 0.203. The molecule has 1 aliphatic rings. The second kappa shape index (κ2) is 7.30. The van der Waals surface area contributed by atoms with Crippen molar-refractivity contribution in [3.8, 4) is 5.75 Å². The molecule has 0 saturated carbocycles. The summed E-state index contributed by atoms with van der Waals surface area (Å²) in [7, 11) is 3.94. The molecule has 3 nitrogen and oxygen atoms in total. The molecule has 2 rings (SSSR count). The van der Waals surface area contributed by atoms with E-state index in [2.05, 4.69) is 49.3 Å². The fourth-order valence-corrected chi connectivity index (χ4v) is 3.06. The molecule has 0 aromatic heterocycles. The van der Waals surface area contributed by atoms with E-state index in [1.165, 1.54) is 17.5 Å². The van der Waals surface area contributed by atoms with Crippen LogP contribution in [0, 0.1) is 12.3 Å². The highest BCUT2D eigenvalue weighted by atomic mass is 35.5. The van der Waals surface area contributed by atoms with Gasteiger partial charge in [-0.25, -0.2) is 0 Å². The van der Waals surface area contributed by atoms with E-state index in [0.717, 1.165) is 31.9 Å². The maximum atomic E-state index is 5.31. The van der Waals surface area contributed by atoms with Gasteiger partial charge < -0.3 is 15.0 Å². The molecule has 20 heavy (non-hydrogen) atoms. The van der Waals surface area contributed by atoms with Crippen LogP contribution in [0.25, 0.3) is 0 Å². The fraction of sp³-hybridized carbons (Fsp3) is 0.625. The van der Waals surface area contributed by atoms with Crippen molar-refractivity contribution >= 4 is 12.4 Å². The number of ether oxygens (including phenoxy) is 1. The lowest BCUT2D eigenvalue weighted by Gasteiger charge is -2.29. The first kappa shape index (κ1) is 17.3. The van der Waals surface area contributed by atoms with Gasteiger partial charge in [-0.2, -0.15) is 0 Å². The first-order chi connectivity index (χ1) is 9.02. The minimum absolute atomic E-state index is 0. The highest BCUT2D eigenvalue weighted by molar-refractivity contribution is 5.85. The minimum atomic E-state index is 0. The smallest absolute Gasteiger partial charge is 0.121 e. The number of hydrogen-bond donors (Lipinski definition) is 1. The van der Waals surface area contributed by atoms with Crippen molar-refractivity contribution in [1.29, 1.82) is 0 Å². The molecule has 1 fully saturated rings. The van der Waals surface area contributed by atoms with E-state index in [-0.39, 0.29) is 12.4 Å². The molecule has 1 aromatic rings. The summed E-state index contributed by atoms with van der Waals surface area (Å²) >= 11 is 0. The van der Waals surface area contributed by atoms with Crippen molar-refractivity contribution in [3.63, 3.8) is 0 Å². The van der Waals surface area contributed by atoms with Gasteiger partial charge in [0, 0.05) is 19.6 Å². The first-order valence-electron chi connectivity index (χ1n) is 7.05. The summed E-state index contributed by atoms with van der Waals surface area (Å²) in [4.78, 5) is 2.42. The second-order valence-electron chi connectivity index (χ2n) is 6.21. The SMILES string of the molecule is COc1ccc(CN(C)CC2(C)CCNC2)cc1C.Cl. The fourth-order valence-electron chi connectivity index (χ4n) is 3.06. The summed E-state index contributed by atoms with van der Waals surface area (Å²) in [5.74, 6) is 0.971. The molecule has 1 saturated heterocycles. The largest absolute Gasteiger partial charge is 0.496 e. The Hall–Kier alpha value is -0.770. The van der Waals surface area contributed by atoms with Crippen molar-refractivity contribution in [3.05, 3.63) is 29.3 Å². The van der Waals surface area contributed by atoms with E-state index in [1.54, 1.807) is 7.11 Å². The third-order valence-corrected chi connectivity index (χ3v) is 4.02.